The van der Waals surface area contributed by atoms with E-state index in [1.54, 1.807) is 18.2 Å². The van der Waals surface area contributed by atoms with Crippen molar-refractivity contribution in [1.29, 1.82) is 0 Å². The van der Waals surface area contributed by atoms with Crippen molar-refractivity contribution in [3.8, 4) is 0 Å². The number of carbonyl (C=O) groups excluding carboxylic acids is 2. The molecule has 6 heteroatoms. The summed E-state index contributed by atoms with van der Waals surface area (Å²) in [5, 5.41) is 2.60. The van der Waals surface area contributed by atoms with E-state index in [9.17, 15) is 9.59 Å². The van der Waals surface area contributed by atoms with Gasteiger partial charge in [-0.05, 0) is 12.1 Å². The van der Waals surface area contributed by atoms with Crippen LogP contribution >= 0.6 is 22.6 Å². The quantitative estimate of drug-likeness (QED) is 0.502. The number of pyridine rings is 1. The summed E-state index contributed by atoms with van der Waals surface area (Å²) >= 11 is 1.91. The highest BCUT2D eigenvalue weighted by Gasteiger charge is 2.16. The molecule has 0 saturated heterocycles. The number of rotatable bonds is 4. The van der Waals surface area contributed by atoms with Crippen LogP contribution in [0.5, 0.6) is 0 Å². The van der Waals surface area contributed by atoms with Crippen molar-refractivity contribution < 1.29 is 14.3 Å². The Hall–Kier alpha value is -1.18. The topological polar surface area (TPSA) is 68.3 Å². The lowest BCUT2D eigenvalue weighted by molar-refractivity contribution is -0.139. The van der Waals surface area contributed by atoms with Crippen molar-refractivity contribution in [3.63, 3.8) is 0 Å². The van der Waals surface area contributed by atoms with Crippen molar-refractivity contribution in [2.45, 2.75) is 3.92 Å². The van der Waals surface area contributed by atoms with Gasteiger partial charge in [0.2, 0.25) is 0 Å². The van der Waals surface area contributed by atoms with Gasteiger partial charge in [0.05, 0.1) is 7.11 Å². The molecule has 0 spiro atoms. The molecule has 86 valence electrons. The molecular weight excluding hydrogens is 323 g/mol. The number of hydrogen-bond acceptors (Lipinski definition) is 4. The van der Waals surface area contributed by atoms with Crippen molar-refractivity contribution in [3.05, 3.63) is 30.1 Å². The second-order valence-corrected chi connectivity index (χ2v) is 4.42. The Morgan fingerprint density at radius 3 is 2.88 bits per heavy atom. The summed E-state index contributed by atoms with van der Waals surface area (Å²) in [7, 11) is 1.31. The molecule has 1 unspecified atom stereocenters. The third kappa shape index (κ3) is 3.76. The number of esters is 1. The number of nitrogens with one attached hydrogen (secondary N) is 1. The van der Waals surface area contributed by atoms with Crippen LogP contribution in [0, 0.1) is 0 Å². The summed E-state index contributed by atoms with van der Waals surface area (Å²) in [4.78, 5) is 26.5. The molecule has 1 atom stereocenters. The van der Waals surface area contributed by atoms with Gasteiger partial charge >= 0.3 is 5.97 Å². The number of nitrogens with zero attached hydrogens (tertiary/aromatic N) is 1. The average molecular weight is 334 g/mol. The van der Waals surface area contributed by atoms with Crippen molar-refractivity contribution >= 4 is 34.5 Å². The van der Waals surface area contributed by atoms with Crippen LogP contribution in [0.4, 0.5) is 0 Å². The zero-order chi connectivity index (χ0) is 12.0. The van der Waals surface area contributed by atoms with Crippen LogP contribution < -0.4 is 5.32 Å². The zero-order valence-corrected chi connectivity index (χ0v) is 10.8. The van der Waals surface area contributed by atoms with E-state index in [-0.39, 0.29) is 18.4 Å². The van der Waals surface area contributed by atoms with E-state index in [0.717, 1.165) is 0 Å². The summed E-state index contributed by atoms with van der Waals surface area (Å²) in [6, 6.07) is 5.06. The Morgan fingerprint density at radius 2 is 2.31 bits per heavy atom. The molecule has 1 aromatic heterocycles. The standard InChI is InChI=1S/C10H11IN2O3/c1-16-10(15)7(11)6-13-9(14)8-4-2-3-5-12-8/h2-5,7H,6H2,1H3,(H,13,14). The largest absolute Gasteiger partial charge is 0.468 e. The van der Waals surface area contributed by atoms with Crippen LogP contribution in [0.25, 0.3) is 0 Å². The third-order valence-electron chi connectivity index (χ3n) is 1.80. The first-order chi connectivity index (χ1) is 7.65. The molecule has 0 aliphatic rings. The fourth-order valence-electron chi connectivity index (χ4n) is 0.981. The van der Waals surface area contributed by atoms with Crippen molar-refractivity contribution in [2.24, 2.45) is 0 Å². The number of halogens is 1. The van der Waals surface area contributed by atoms with Crippen LogP contribution in [-0.2, 0) is 9.53 Å². The van der Waals surface area contributed by atoms with Crippen LogP contribution in [-0.4, -0.2) is 34.4 Å². The van der Waals surface area contributed by atoms with Gasteiger partial charge in [-0.3, -0.25) is 14.6 Å². The molecule has 5 nitrogen and oxygen atoms in total. The van der Waals surface area contributed by atoms with Gasteiger partial charge in [0.15, 0.2) is 0 Å². The van der Waals surface area contributed by atoms with Crippen LogP contribution in [0.15, 0.2) is 24.4 Å². The number of aromatic nitrogens is 1. The van der Waals surface area contributed by atoms with Gasteiger partial charge < -0.3 is 10.1 Å². The zero-order valence-electron chi connectivity index (χ0n) is 8.64. The Kier molecular flexibility index (Phi) is 5.17. The van der Waals surface area contributed by atoms with E-state index < -0.39 is 3.92 Å². The van der Waals surface area contributed by atoms with Gasteiger partial charge in [-0.2, -0.15) is 0 Å². The average Bonchev–Trinajstić information content (AvgIpc) is 2.35. The van der Waals surface area contributed by atoms with E-state index in [2.05, 4.69) is 15.0 Å². The molecule has 1 aromatic rings. The summed E-state index contributed by atoms with van der Waals surface area (Å²) in [5.74, 6) is -0.659. The summed E-state index contributed by atoms with van der Waals surface area (Å²) in [6.45, 7) is 0.225. The molecule has 1 heterocycles. The first kappa shape index (κ1) is 12.9. The predicted molar refractivity (Wildman–Crippen MR) is 66.4 cm³/mol. The Balaban J connectivity index is 2.45. The monoisotopic (exact) mass is 334 g/mol. The molecule has 0 fully saturated rings. The first-order valence-corrected chi connectivity index (χ1v) is 5.81. The Morgan fingerprint density at radius 1 is 1.56 bits per heavy atom. The summed E-state index contributed by atoms with van der Waals surface area (Å²) in [6.07, 6.45) is 1.54. The highest BCUT2D eigenvalue weighted by Crippen LogP contribution is 2.01. The molecule has 0 aliphatic heterocycles. The normalized spacial score (nSPS) is 11.6. The van der Waals surface area contributed by atoms with Gasteiger partial charge in [-0.25, -0.2) is 0 Å². The maximum Gasteiger partial charge on any atom is 0.320 e. The van der Waals surface area contributed by atoms with Crippen molar-refractivity contribution in [2.75, 3.05) is 13.7 Å². The number of alkyl halides is 1. The first-order valence-electron chi connectivity index (χ1n) is 4.56. The number of carbonyl (C=O) groups is 2. The predicted octanol–water partition coefficient (Wildman–Crippen LogP) is 0.788. The lowest BCUT2D eigenvalue weighted by Gasteiger charge is -2.08. The van der Waals surface area contributed by atoms with Crippen LogP contribution in [0.1, 0.15) is 10.5 Å². The number of methoxy groups -OCH3 is 1. The van der Waals surface area contributed by atoms with Gasteiger partial charge in [0, 0.05) is 12.7 Å². The fourth-order valence-corrected chi connectivity index (χ4v) is 1.46. The molecule has 16 heavy (non-hydrogen) atoms. The minimum Gasteiger partial charge on any atom is -0.468 e. The third-order valence-corrected chi connectivity index (χ3v) is 2.75. The molecule has 0 saturated carbocycles. The molecular formula is C10H11IN2O3. The molecule has 0 aromatic carbocycles. The van der Waals surface area contributed by atoms with E-state index in [1.807, 2.05) is 22.6 Å². The Bertz CT molecular complexity index is 370. The molecule has 1 amide bonds. The fraction of sp³-hybridized carbons (Fsp3) is 0.300. The van der Waals surface area contributed by atoms with Gasteiger partial charge in [-0.15, -0.1) is 0 Å². The minimum atomic E-state index is -0.393. The molecule has 0 bridgehead atoms. The molecule has 1 rings (SSSR count). The van der Waals surface area contributed by atoms with Crippen LogP contribution in [0.2, 0.25) is 0 Å². The molecule has 1 N–H and O–H groups in total. The minimum absolute atomic E-state index is 0.225. The lowest BCUT2D eigenvalue weighted by atomic mass is 10.3. The maximum absolute atomic E-state index is 11.5. The highest BCUT2D eigenvalue weighted by atomic mass is 127. The van der Waals surface area contributed by atoms with Gasteiger partial charge in [0.25, 0.3) is 5.91 Å². The second kappa shape index (κ2) is 6.41. The smallest absolute Gasteiger partial charge is 0.320 e. The number of amides is 1. The van der Waals surface area contributed by atoms with E-state index in [1.165, 1.54) is 13.3 Å². The Labute approximate surface area is 107 Å². The van der Waals surface area contributed by atoms with E-state index in [0.29, 0.717) is 5.69 Å². The lowest BCUT2D eigenvalue weighted by Crippen LogP contribution is -2.34. The maximum atomic E-state index is 11.5. The molecule has 0 radical (unpaired) electrons. The van der Waals surface area contributed by atoms with E-state index >= 15 is 0 Å². The SMILES string of the molecule is COC(=O)C(I)CNC(=O)c1ccccn1. The van der Waals surface area contributed by atoms with Crippen molar-refractivity contribution in [1.82, 2.24) is 10.3 Å². The van der Waals surface area contributed by atoms with E-state index in [4.69, 9.17) is 0 Å². The van der Waals surface area contributed by atoms with Crippen LogP contribution in [0.3, 0.4) is 0 Å². The summed E-state index contributed by atoms with van der Waals surface area (Å²) in [5.41, 5.74) is 0.330. The highest BCUT2D eigenvalue weighted by molar-refractivity contribution is 14.1. The molecule has 0 aliphatic carbocycles. The number of hydrogen-bond donors (Lipinski definition) is 1. The van der Waals surface area contributed by atoms with Gasteiger partial charge in [-0.1, -0.05) is 28.7 Å². The second-order valence-electron chi connectivity index (χ2n) is 2.92. The van der Waals surface area contributed by atoms with Gasteiger partial charge in [0.1, 0.15) is 9.62 Å². The summed E-state index contributed by atoms with van der Waals surface area (Å²) < 4.78 is 4.14. The number of ether oxygens (including phenoxy) is 1.